The molecule has 2 aromatic rings. The van der Waals surface area contributed by atoms with E-state index < -0.39 is 0 Å². The van der Waals surface area contributed by atoms with Gasteiger partial charge in [0.15, 0.2) is 6.29 Å². The largest absolute Gasteiger partial charge is 0.392 e. The van der Waals surface area contributed by atoms with Gasteiger partial charge in [-0.3, -0.25) is 9.97 Å². The van der Waals surface area contributed by atoms with E-state index in [1.165, 1.54) is 12.0 Å². The molecular formula is C21H26N2O7. The molecule has 0 aliphatic carbocycles. The van der Waals surface area contributed by atoms with Crippen LogP contribution in [0.4, 0.5) is 0 Å². The van der Waals surface area contributed by atoms with Crippen LogP contribution in [0.2, 0.25) is 0 Å². The van der Waals surface area contributed by atoms with Crippen LogP contribution < -0.4 is 0 Å². The molecule has 1 atom stereocenters. The predicted octanol–water partition coefficient (Wildman–Crippen LogP) is 2.15. The Morgan fingerprint density at radius 3 is 1.93 bits per heavy atom. The highest BCUT2D eigenvalue weighted by Gasteiger charge is 2.13. The Morgan fingerprint density at radius 2 is 1.50 bits per heavy atom. The Bertz CT molecular complexity index is 768. The maximum absolute atomic E-state index is 8.62. The molecule has 0 radical (unpaired) electrons. The lowest BCUT2D eigenvalue weighted by Gasteiger charge is -2.22. The van der Waals surface area contributed by atoms with Crippen molar-refractivity contribution >= 4 is 12.3 Å². The molecule has 1 aliphatic heterocycles. The molecule has 0 saturated carbocycles. The Balaban J connectivity index is 0.000000477. The van der Waals surface area contributed by atoms with Crippen molar-refractivity contribution in [1.29, 1.82) is 0 Å². The van der Waals surface area contributed by atoms with Crippen LogP contribution in [0.1, 0.15) is 41.5 Å². The quantitative estimate of drug-likeness (QED) is 0.793. The summed E-state index contributed by atoms with van der Waals surface area (Å²) in [6, 6.07) is 4.00. The second-order valence-corrected chi connectivity index (χ2v) is 6.17. The second kappa shape index (κ2) is 18.0. The van der Waals surface area contributed by atoms with Crippen LogP contribution in [0.5, 0.6) is 0 Å². The number of aryl methyl sites for hydroxylation is 2. The molecule has 3 rings (SSSR count). The SMILES string of the molecule is Cc1cncc(CO)c1.Cc1cncc(COC2CCCCO2)c1.O=C=O.O=C=O. The van der Waals surface area contributed by atoms with E-state index in [0.29, 0.717) is 6.61 Å². The zero-order valence-electron chi connectivity index (χ0n) is 17.1. The molecule has 30 heavy (non-hydrogen) atoms. The Kier molecular flexibility index (Phi) is 16.2. The van der Waals surface area contributed by atoms with Crippen LogP contribution in [0.25, 0.3) is 0 Å². The molecule has 1 unspecified atom stereocenters. The molecule has 2 aromatic heterocycles. The minimum absolute atomic E-state index is 0.0146. The number of hydrogen-bond donors (Lipinski definition) is 1. The van der Waals surface area contributed by atoms with Crippen LogP contribution in [-0.2, 0) is 41.9 Å². The lowest BCUT2D eigenvalue weighted by Crippen LogP contribution is -2.22. The maximum Gasteiger partial charge on any atom is 0.373 e. The third kappa shape index (κ3) is 14.0. The van der Waals surface area contributed by atoms with E-state index in [1.54, 1.807) is 12.4 Å². The topological polar surface area (TPSA) is 133 Å². The summed E-state index contributed by atoms with van der Waals surface area (Å²) >= 11 is 0. The summed E-state index contributed by atoms with van der Waals surface area (Å²) in [5.74, 6) is 0. The van der Waals surface area contributed by atoms with Crippen LogP contribution >= 0.6 is 0 Å². The van der Waals surface area contributed by atoms with E-state index in [-0.39, 0.29) is 25.2 Å². The summed E-state index contributed by atoms with van der Waals surface area (Å²) in [5, 5.41) is 8.62. The molecule has 9 nitrogen and oxygen atoms in total. The first kappa shape index (κ1) is 26.9. The zero-order valence-corrected chi connectivity index (χ0v) is 17.1. The lowest BCUT2D eigenvalue weighted by atomic mass is 10.2. The number of ether oxygens (including phenoxy) is 2. The molecule has 1 aliphatic rings. The van der Waals surface area contributed by atoms with Gasteiger partial charge in [-0.05, 0) is 55.4 Å². The molecule has 3 heterocycles. The number of pyridine rings is 2. The summed E-state index contributed by atoms with van der Waals surface area (Å²) in [4.78, 5) is 40.5. The van der Waals surface area contributed by atoms with Gasteiger partial charge in [-0.1, -0.05) is 12.1 Å². The number of aliphatic hydroxyl groups excluding tert-OH is 1. The van der Waals surface area contributed by atoms with Crippen molar-refractivity contribution < 1.29 is 33.8 Å². The van der Waals surface area contributed by atoms with Crippen molar-refractivity contribution in [2.45, 2.75) is 52.6 Å². The van der Waals surface area contributed by atoms with Gasteiger partial charge in [0.05, 0.1) is 13.2 Å². The van der Waals surface area contributed by atoms with E-state index >= 15 is 0 Å². The molecule has 1 N–H and O–H groups in total. The molecule has 1 saturated heterocycles. The highest BCUT2D eigenvalue weighted by molar-refractivity contribution is 5.20. The van der Waals surface area contributed by atoms with E-state index in [0.717, 1.165) is 36.1 Å². The fourth-order valence-corrected chi connectivity index (χ4v) is 2.43. The Labute approximate surface area is 175 Å². The van der Waals surface area contributed by atoms with Crippen molar-refractivity contribution in [2.24, 2.45) is 0 Å². The molecule has 0 amide bonds. The fourth-order valence-electron chi connectivity index (χ4n) is 2.43. The first-order valence-corrected chi connectivity index (χ1v) is 9.14. The van der Waals surface area contributed by atoms with Crippen LogP contribution in [0.3, 0.4) is 0 Å². The van der Waals surface area contributed by atoms with Crippen LogP contribution in [0, 0.1) is 13.8 Å². The summed E-state index contributed by atoms with van der Waals surface area (Å²) in [5.41, 5.74) is 4.24. The van der Waals surface area contributed by atoms with E-state index in [9.17, 15) is 0 Å². The van der Waals surface area contributed by atoms with E-state index in [4.69, 9.17) is 33.8 Å². The van der Waals surface area contributed by atoms with E-state index in [2.05, 4.69) is 16.0 Å². The predicted molar refractivity (Wildman–Crippen MR) is 102 cm³/mol. The third-order valence-corrected chi connectivity index (χ3v) is 3.62. The number of nitrogens with zero attached hydrogens (tertiary/aromatic N) is 2. The van der Waals surface area contributed by atoms with Gasteiger partial charge in [0.1, 0.15) is 0 Å². The lowest BCUT2D eigenvalue weighted by molar-refractivity contribution is -0.193. The van der Waals surface area contributed by atoms with Crippen molar-refractivity contribution in [3.8, 4) is 0 Å². The van der Waals surface area contributed by atoms with Crippen molar-refractivity contribution in [1.82, 2.24) is 9.97 Å². The monoisotopic (exact) mass is 418 g/mol. The number of carbonyl (C=O) groups excluding carboxylic acids is 4. The van der Waals surface area contributed by atoms with Gasteiger partial charge in [0.25, 0.3) is 0 Å². The number of rotatable bonds is 4. The van der Waals surface area contributed by atoms with Crippen molar-refractivity contribution in [3.05, 3.63) is 59.2 Å². The Morgan fingerprint density at radius 1 is 0.967 bits per heavy atom. The standard InChI is InChI=1S/C12H17NO2.C7H9NO.2CO2/c1-10-6-11(8-13-7-10)9-15-12-4-2-3-5-14-12;1-6-2-7(5-9)4-8-3-6;2*2-1-3/h6-8,12H,2-5,9H2,1H3;2-4,9H,5H2,1H3;;. The van der Waals surface area contributed by atoms with Crippen molar-refractivity contribution in [2.75, 3.05) is 6.61 Å². The summed E-state index contributed by atoms with van der Waals surface area (Å²) < 4.78 is 11.1. The number of aliphatic hydroxyl groups is 1. The number of aromatic nitrogens is 2. The smallest absolute Gasteiger partial charge is 0.373 e. The van der Waals surface area contributed by atoms with Crippen molar-refractivity contribution in [3.63, 3.8) is 0 Å². The minimum Gasteiger partial charge on any atom is -0.392 e. The highest BCUT2D eigenvalue weighted by atomic mass is 16.7. The molecule has 9 heteroatoms. The normalized spacial score (nSPS) is 14.2. The summed E-state index contributed by atoms with van der Waals surface area (Å²) in [6.07, 6.45) is 11.0. The van der Waals surface area contributed by atoms with Gasteiger partial charge in [-0.2, -0.15) is 19.2 Å². The summed E-state index contributed by atoms with van der Waals surface area (Å²) in [7, 11) is 0. The maximum atomic E-state index is 8.62. The van der Waals surface area contributed by atoms with Gasteiger partial charge >= 0.3 is 12.3 Å². The third-order valence-electron chi connectivity index (χ3n) is 3.62. The fraction of sp³-hybridized carbons (Fsp3) is 0.429. The van der Waals surface area contributed by atoms with Gasteiger partial charge < -0.3 is 14.6 Å². The first-order chi connectivity index (χ1) is 14.5. The molecule has 0 spiro atoms. The second-order valence-electron chi connectivity index (χ2n) is 6.17. The molecular weight excluding hydrogens is 392 g/mol. The highest BCUT2D eigenvalue weighted by Crippen LogP contribution is 2.15. The van der Waals surface area contributed by atoms with Gasteiger partial charge in [-0.15, -0.1) is 0 Å². The van der Waals surface area contributed by atoms with Gasteiger partial charge in [-0.25, -0.2) is 0 Å². The van der Waals surface area contributed by atoms with Crippen LogP contribution in [0.15, 0.2) is 36.9 Å². The average Bonchev–Trinajstić information content (AvgIpc) is 2.75. The summed E-state index contributed by atoms with van der Waals surface area (Å²) in [6.45, 7) is 5.49. The molecule has 1 fully saturated rings. The van der Waals surface area contributed by atoms with Gasteiger partial charge in [0, 0.05) is 31.4 Å². The first-order valence-electron chi connectivity index (χ1n) is 9.14. The minimum atomic E-state index is -0.0146. The van der Waals surface area contributed by atoms with E-state index in [1.807, 2.05) is 32.3 Å². The molecule has 0 bridgehead atoms. The Hall–Kier alpha value is -3.06. The number of hydrogen-bond acceptors (Lipinski definition) is 9. The molecule has 162 valence electrons. The van der Waals surface area contributed by atoms with Crippen LogP contribution in [-0.4, -0.2) is 40.3 Å². The molecule has 0 aromatic carbocycles. The van der Waals surface area contributed by atoms with Gasteiger partial charge in [0.2, 0.25) is 0 Å². The zero-order chi connectivity index (χ0) is 22.6. The average molecular weight is 418 g/mol.